The number of rotatable bonds is 5. The largest absolute Gasteiger partial charge is 0.440 e. The zero-order valence-corrected chi connectivity index (χ0v) is 11.4. The lowest BCUT2D eigenvalue weighted by molar-refractivity contribution is -0.160. The second-order valence-corrected chi connectivity index (χ2v) is 5.32. The van der Waals surface area contributed by atoms with Gasteiger partial charge in [0.25, 0.3) is 0 Å². The summed E-state index contributed by atoms with van der Waals surface area (Å²) in [5.74, 6) is -0.221. The molecule has 1 fully saturated rings. The molecule has 11 heteroatoms. The average molecular weight is 324 g/mol. The minimum absolute atomic E-state index is 0.285. The highest BCUT2D eigenvalue weighted by atomic mass is 32.1. The third-order valence-electron chi connectivity index (χ3n) is 2.37. The first-order chi connectivity index (χ1) is 9.83. The summed E-state index contributed by atoms with van der Waals surface area (Å²) >= 11 is 1.23. The minimum Gasteiger partial charge on any atom is -0.440 e. The highest BCUT2D eigenvalue weighted by Crippen LogP contribution is 2.41. The topological polar surface area (TPSA) is 93.2 Å². The number of hydrogen-bond acceptors (Lipinski definition) is 6. The van der Waals surface area contributed by atoms with Crippen LogP contribution in [0.3, 0.4) is 0 Å². The maximum absolute atomic E-state index is 11.8. The van der Waals surface area contributed by atoms with Crippen molar-refractivity contribution in [1.29, 1.82) is 0 Å². The van der Waals surface area contributed by atoms with Crippen LogP contribution >= 0.6 is 11.3 Å². The van der Waals surface area contributed by atoms with E-state index in [1.807, 2.05) is 5.32 Å². The first-order valence-electron chi connectivity index (χ1n) is 5.94. The quantitative estimate of drug-likeness (QED) is 0.859. The standard InChI is InChI=1S/C10H11F3N4O3S/c11-10(12,13)4-20-9(19)14-3-6(18)15-8-17-16-7(21-8)5-1-2-5/h5H,1-4H2,(H,14,19)(H,15,17,18). The van der Waals surface area contributed by atoms with E-state index in [2.05, 4.69) is 20.3 Å². The van der Waals surface area contributed by atoms with Crippen LogP contribution in [0.15, 0.2) is 0 Å². The molecule has 0 aliphatic heterocycles. The minimum atomic E-state index is -4.61. The Morgan fingerprint density at radius 2 is 2.05 bits per heavy atom. The summed E-state index contributed by atoms with van der Waals surface area (Å²) in [7, 11) is 0. The van der Waals surface area contributed by atoms with Crippen LogP contribution in [0.1, 0.15) is 23.8 Å². The Labute approximate surface area is 120 Å². The van der Waals surface area contributed by atoms with Crippen LogP contribution in [0, 0.1) is 0 Å². The van der Waals surface area contributed by atoms with E-state index in [0.29, 0.717) is 5.92 Å². The molecule has 21 heavy (non-hydrogen) atoms. The fourth-order valence-electron chi connectivity index (χ4n) is 1.29. The summed E-state index contributed by atoms with van der Waals surface area (Å²) in [6.45, 7) is -2.23. The first kappa shape index (κ1) is 15.5. The van der Waals surface area contributed by atoms with Crippen LogP contribution in [0.5, 0.6) is 0 Å². The van der Waals surface area contributed by atoms with Crippen LogP contribution in [0.2, 0.25) is 0 Å². The molecule has 2 amide bonds. The summed E-state index contributed by atoms with van der Waals surface area (Å²) in [6.07, 6.45) is -3.83. The van der Waals surface area contributed by atoms with Crippen LogP contribution < -0.4 is 10.6 Å². The van der Waals surface area contributed by atoms with Gasteiger partial charge in [-0.2, -0.15) is 13.2 Å². The van der Waals surface area contributed by atoms with Crippen LogP contribution in [-0.2, 0) is 9.53 Å². The molecule has 7 nitrogen and oxygen atoms in total. The molecule has 0 unspecified atom stereocenters. The van der Waals surface area contributed by atoms with Gasteiger partial charge in [-0.25, -0.2) is 4.79 Å². The number of nitrogens with one attached hydrogen (secondary N) is 2. The van der Waals surface area contributed by atoms with Gasteiger partial charge in [0.1, 0.15) is 11.6 Å². The SMILES string of the molecule is O=C(CNC(=O)OCC(F)(F)F)Nc1nnc(C2CC2)s1. The number of hydrogen-bond donors (Lipinski definition) is 2. The predicted molar refractivity (Wildman–Crippen MR) is 65.9 cm³/mol. The molecule has 0 aromatic carbocycles. The molecule has 0 atom stereocenters. The lowest BCUT2D eigenvalue weighted by Crippen LogP contribution is -2.35. The van der Waals surface area contributed by atoms with E-state index in [1.165, 1.54) is 11.3 Å². The van der Waals surface area contributed by atoms with Gasteiger partial charge in [0, 0.05) is 5.92 Å². The molecule has 1 heterocycles. The van der Waals surface area contributed by atoms with E-state index in [-0.39, 0.29) is 5.13 Å². The second kappa shape index (κ2) is 6.24. The van der Waals surface area contributed by atoms with Gasteiger partial charge in [-0.15, -0.1) is 10.2 Å². The number of aromatic nitrogens is 2. The molecule has 0 spiro atoms. The van der Waals surface area contributed by atoms with Gasteiger partial charge >= 0.3 is 12.3 Å². The lowest BCUT2D eigenvalue weighted by atomic mass is 10.5. The number of halogens is 3. The zero-order chi connectivity index (χ0) is 15.5. The highest BCUT2D eigenvalue weighted by Gasteiger charge is 2.30. The van der Waals surface area contributed by atoms with E-state index in [4.69, 9.17) is 0 Å². The molecule has 1 aliphatic rings. The number of carbonyl (C=O) groups excluding carboxylic acids is 2. The van der Waals surface area contributed by atoms with Crippen molar-refractivity contribution in [2.24, 2.45) is 0 Å². The maximum atomic E-state index is 11.8. The van der Waals surface area contributed by atoms with Gasteiger partial charge in [-0.3, -0.25) is 10.1 Å². The molecule has 0 saturated heterocycles. The first-order valence-corrected chi connectivity index (χ1v) is 6.76. The summed E-state index contributed by atoms with van der Waals surface area (Å²) in [6, 6.07) is 0. The van der Waals surface area contributed by atoms with Crippen LogP contribution in [0.25, 0.3) is 0 Å². The molecule has 2 rings (SSSR count). The Hall–Kier alpha value is -1.91. The molecule has 0 bridgehead atoms. The Balaban J connectivity index is 1.67. The molecule has 116 valence electrons. The van der Waals surface area contributed by atoms with Crippen molar-refractivity contribution < 1.29 is 27.5 Å². The van der Waals surface area contributed by atoms with E-state index >= 15 is 0 Å². The second-order valence-electron chi connectivity index (χ2n) is 4.31. The van der Waals surface area contributed by atoms with Crippen molar-refractivity contribution in [3.8, 4) is 0 Å². The summed E-state index contributed by atoms with van der Waals surface area (Å²) in [5.41, 5.74) is 0. The molecule has 0 radical (unpaired) electrons. The maximum Gasteiger partial charge on any atom is 0.422 e. The summed E-state index contributed by atoms with van der Waals surface area (Å²) in [5, 5.41) is 13.1. The molecule has 2 N–H and O–H groups in total. The highest BCUT2D eigenvalue weighted by molar-refractivity contribution is 7.15. The zero-order valence-electron chi connectivity index (χ0n) is 10.6. The fraction of sp³-hybridized carbons (Fsp3) is 0.600. The average Bonchev–Trinajstić information content (AvgIpc) is 3.14. The van der Waals surface area contributed by atoms with Crippen molar-refractivity contribution >= 4 is 28.5 Å². The van der Waals surface area contributed by atoms with E-state index in [1.54, 1.807) is 0 Å². The monoisotopic (exact) mass is 324 g/mol. The Morgan fingerprint density at radius 1 is 1.33 bits per heavy atom. The Bertz CT molecular complexity index is 530. The number of alkyl halides is 3. The van der Waals surface area contributed by atoms with Crippen molar-refractivity contribution in [1.82, 2.24) is 15.5 Å². The van der Waals surface area contributed by atoms with Gasteiger partial charge < -0.3 is 10.1 Å². The van der Waals surface area contributed by atoms with Gasteiger partial charge in [0.05, 0.1) is 0 Å². The smallest absolute Gasteiger partial charge is 0.422 e. The summed E-state index contributed by atoms with van der Waals surface area (Å²) in [4.78, 5) is 22.4. The number of alkyl carbamates (subject to hydrolysis) is 1. The fourth-order valence-corrected chi connectivity index (χ4v) is 2.22. The van der Waals surface area contributed by atoms with Crippen molar-refractivity contribution in [3.63, 3.8) is 0 Å². The molecule has 1 aromatic heterocycles. The molecule has 1 saturated carbocycles. The number of carbonyl (C=O) groups is 2. The molecule has 1 aromatic rings. The molecule has 1 aliphatic carbocycles. The van der Waals surface area contributed by atoms with Crippen LogP contribution in [0.4, 0.5) is 23.1 Å². The Morgan fingerprint density at radius 3 is 2.67 bits per heavy atom. The molecular weight excluding hydrogens is 313 g/mol. The number of anilines is 1. The van der Waals surface area contributed by atoms with E-state index in [0.717, 1.165) is 17.8 Å². The normalized spacial score (nSPS) is 14.6. The van der Waals surface area contributed by atoms with Gasteiger partial charge in [0.2, 0.25) is 11.0 Å². The van der Waals surface area contributed by atoms with Gasteiger partial charge in [0.15, 0.2) is 6.61 Å². The third-order valence-corrected chi connectivity index (χ3v) is 3.37. The third kappa shape index (κ3) is 5.53. The lowest BCUT2D eigenvalue weighted by Gasteiger charge is -2.08. The molecular formula is C10H11F3N4O3S. The van der Waals surface area contributed by atoms with Crippen LogP contribution in [-0.4, -0.2) is 41.5 Å². The summed E-state index contributed by atoms with van der Waals surface area (Å²) < 4.78 is 39.2. The van der Waals surface area contributed by atoms with Crippen molar-refractivity contribution in [3.05, 3.63) is 5.01 Å². The van der Waals surface area contributed by atoms with E-state index < -0.39 is 31.3 Å². The van der Waals surface area contributed by atoms with E-state index in [9.17, 15) is 22.8 Å². The number of amides is 2. The number of nitrogens with zero attached hydrogens (tertiary/aromatic N) is 2. The van der Waals surface area contributed by atoms with Crippen molar-refractivity contribution in [2.45, 2.75) is 24.9 Å². The van der Waals surface area contributed by atoms with Crippen molar-refractivity contribution in [2.75, 3.05) is 18.5 Å². The van der Waals surface area contributed by atoms with Gasteiger partial charge in [-0.05, 0) is 12.8 Å². The number of ether oxygens (including phenoxy) is 1. The Kier molecular flexibility index (Phi) is 4.60. The van der Waals surface area contributed by atoms with Gasteiger partial charge in [-0.1, -0.05) is 11.3 Å². The predicted octanol–water partition coefficient (Wildman–Crippen LogP) is 1.64.